The third kappa shape index (κ3) is 8.10. The molecule has 0 amide bonds. The van der Waals surface area contributed by atoms with Gasteiger partial charge in [-0.1, -0.05) is 66.7 Å². The summed E-state index contributed by atoms with van der Waals surface area (Å²) in [5, 5.41) is 18.7. The Morgan fingerprint density at radius 2 is 1.45 bits per heavy atom. The van der Waals surface area contributed by atoms with Crippen LogP contribution in [0.5, 0.6) is 17.2 Å². The van der Waals surface area contributed by atoms with Crippen LogP contribution in [-0.4, -0.2) is 48.1 Å². The third-order valence-electron chi connectivity index (χ3n) is 6.74. The van der Waals surface area contributed by atoms with Gasteiger partial charge in [0.15, 0.2) is 17.6 Å². The van der Waals surface area contributed by atoms with Gasteiger partial charge >= 0.3 is 5.97 Å². The summed E-state index contributed by atoms with van der Waals surface area (Å²) in [5.74, 6) is 1.44. The molecule has 1 aliphatic rings. The van der Waals surface area contributed by atoms with Crippen LogP contribution in [0.15, 0.2) is 103 Å². The molecule has 8 heteroatoms. The Morgan fingerprint density at radius 3 is 2.00 bits per heavy atom. The van der Waals surface area contributed by atoms with Gasteiger partial charge in [0.05, 0.1) is 24.0 Å². The van der Waals surface area contributed by atoms with Crippen molar-refractivity contribution >= 4 is 17.3 Å². The van der Waals surface area contributed by atoms with Crippen molar-refractivity contribution in [3.05, 3.63) is 114 Å². The zero-order valence-corrected chi connectivity index (χ0v) is 23.9. The Labute approximate surface area is 246 Å². The maximum Gasteiger partial charge on any atom is 0.333 e. The number of hydrogen-bond donors (Lipinski definition) is 3. The highest BCUT2D eigenvalue weighted by molar-refractivity contribution is 5.77. The van der Waals surface area contributed by atoms with Crippen molar-refractivity contribution in [1.29, 1.82) is 0 Å². The molecular formula is C34H38N2O6. The monoisotopic (exact) mass is 570 g/mol. The van der Waals surface area contributed by atoms with Crippen LogP contribution in [0, 0.1) is 0 Å². The van der Waals surface area contributed by atoms with Gasteiger partial charge in [0.2, 0.25) is 0 Å². The number of carbonyl (C=O) groups is 1. The average molecular weight is 571 g/mol. The van der Waals surface area contributed by atoms with E-state index in [1.54, 1.807) is 13.8 Å². The predicted octanol–water partition coefficient (Wildman–Crippen LogP) is 6.11. The van der Waals surface area contributed by atoms with Crippen LogP contribution >= 0.6 is 0 Å². The summed E-state index contributed by atoms with van der Waals surface area (Å²) in [5.41, 5.74) is 9.31. The predicted molar refractivity (Wildman–Crippen MR) is 164 cm³/mol. The molecule has 3 atom stereocenters. The van der Waals surface area contributed by atoms with Gasteiger partial charge in [-0.2, -0.15) is 0 Å². The summed E-state index contributed by atoms with van der Waals surface area (Å²) in [7, 11) is 0. The molecule has 0 saturated heterocycles. The largest absolute Gasteiger partial charge is 0.492 e. The number of ether oxygens (including phenoxy) is 3. The lowest BCUT2D eigenvalue weighted by Crippen LogP contribution is -2.26. The molecule has 220 valence electrons. The molecular weight excluding hydrogens is 532 g/mol. The Balaban J connectivity index is 0.000000310. The van der Waals surface area contributed by atoms with Crippen molar-refractivity contribution in [2.75, 3.05) is 24.7 Å². The number of nitrogens with zero attached hydrogens (tertiary/aromatic N) is 1. The second-order valence-corrected chi connectivity index (χ2v) is 9.88. The summed E-state index contributed by atoms with van der Waals surface area (Å²) in [4.78, 5) is 13.5. The molecule has 0 aromatic heterocycles. The highest BCUT2D eigenvalue weighted by Crippen LogP contribution is 2.45. The van der Waals surface area contributed by atoms with Crippen LogP contribution < -0.4 is 20.1 Å². The zero-order chi connectivity index (χ0) is 29.9. The lowest BCUT2D eigenvalue weighted by molar-refractivity contribution is -0.149. The summed E-state index contributed by atoms with van der Waals surface area (Å²) in [6.07, 6.45) is -1.06. The molecule has 2 unspecified atom stereocenters. The maximum atomic E-state index is 11.3. The average Bonchev–Trinajstić information content (AvgIpc) is 3.01. The first-order valence-corrected chi connectivity index (χ1v) is 14.1. The molecule has 5 rings (SSSR count). The molecule has 0 fully saturated rings. The van der Waals surface area contributed by atoms with Gasteiger partial charge in [0, 0.05) is 19.1 Å². The molecule has 0 radical (unpaired) electrons. The van der Waals surface area contributed by atoms with Crippen molar-refractivity contribution in [2.24, 2.45) is 5.73 Å². The van der Waals surface area contributed by atoms with Crippen molar-refractivity contribution < 1.29 is 29.2 Å². The number of nitrogens with two attached hydrogens (primary N) is 1. The number of anilines is 2. The van der Waals surface area contributed by atoms with E-state index in [0.717, 1.165) is 39.8 Å². The van der Waals surface area contributed by atoms with Crippen molar-refractivity contribution in [1.82, 2.24) is 0 Å². The van der Waals surface area contributed by atoms with Gasteiger partial charge in [-0.25, -0.2) is 4.79 Å². The fraction of sp³-hybridized carbons (Fsp3) is 0.265. The smallest absolute Gasteiger partial charge is 0.333 e. The van der Waals surface area contributed by atoms with E-state index in [9.17, 15) is 15.0 Å². The molecule has 0 saturated carbocycles. The van der Waals surface area contributed by atoms with E-state index < -0.39 is 18.2 Å². The van der Waals surface area contributed by atoms with Crippen LogP contribution in [-0.2, 0) is 16.0 Å². The molecule has 42 heavy (non-hydrogen) atoms. The minimum atomic E-state index is -0.951. The molecule has 0 spiro atoms. The van der Waals surface area contributed by atoms with E-state index in [2.05, 4.69) is 4.90 Å². The van der Waals surface area contributed by atoms with Crippen molar-refractivity contribution in [3.63, 3.8) is 0 Å². The Kier molecular flexibility index (Phi) is 10.9. The lowest BCUT2D eigenvalue weighted by Gasteiger charge is -2.32. The molecule has 1 aliphatic heterocycles. The minimum Gasteiger partial charge on any atom is -0.492 e. The zero-order valence-electron chi connectivity index (χ0n) is 23.9. The molecule has 1 heterocycles. The molecule has 4 aromatic carbocycles. The topological polar surface area (TPSA) is 114 Å². The SMILES string of the molecule is CCOC(Cc1ccc(OCCN2c3ccccc3Oc3ccccc32)cc1)C(=O)O.C[C@H](N)C(O)c1ccccc1. The quantitative estimate of drug-likeness (QED) is 0.198. The fourth-order valence-electron chi connectivity index (χ4n) is 4.59. The van der Waals surface area contributed by atoms with Crippen LogP contribution in [0.2, 0.25) is 0 Å². The van der Waals surface area contributed by atoms with Crippen molar-refractivity contribution in [3.8, 4) is 17.2 Å². The van der Waals surface area contributed by atoms with E-state index in [1.165, 1.54) is 0 Å². The first-order chi connectivity index (χ1) is 20.4. The second-order valence-electron chi connectivity index (χ2n) is 9.88. The van der Waals surface area contributed by atoms with Crippen LogP contribution in [0.25, 0.3) is 0 Å². The van der Waals surface area contributed by atoms with E-state index >= 15 is 0 Å². The summed E-state index contributed by atoms with van der Waals surface area (Å²) in [6.45, 7) is 5.09. The number of benzene rings is 4. The van der Waals surface area contributed by atoms with Gasteiger partial charge < -0.3 is 35.1 Å². The standard InChI is InChI=1S/C25H25NO5.C9H13NO/c1-2-29-24(25(27)28)17-18-11-13-19(14-12-18)30-16-15-26-20-7-3-5-9-22(20)31-23-10-6-4-8-21(23)26;1-7(10)9(11)8-5-3-2-4-6-8/h3-14,24H,2,15-17H2,1H3,(H,27,28);2-7,9,11H,10H2,1H3/t;7-,9?/m.0/s1. The third-order valence-corrected chi connectivity index (χ3v) is 6.74. The number of hydrogen-bond acceptors (Lipinski definition) is 7. The summed E-state index contributed by atoms with van der Waals surface area (Å²) in [6, 6.07) is 32.6. The van der Waals surface area contributed by atoms with E-state index in [4.69, 9.17) is 19.9 Å². The van der Waals surface area contributed by atoms with Crippen molar-refractivity contribution in [2.45, 2.75) is 38.5 Å². The van der Waals surface area contributed by atoms with Gasteiger partial charge in [-0.05, 0) is 61.4 Å². The van der Waals surface area contributed by atoms with Gasteiger partial charge in [-0.15, -0.1) is 0 Å². The number of aliphatic hydroxyl groups excluding tert-OH is 1. The molecule has 4 aromatic rings. The number of carboxylic acid groups (broad SMARTS) is 1. The van der Waals surface area contributed by atoms with Crippen LogP contribution in [0.4, 0.5) is 11.4 Å². The highest BCUT2D eigenvalue weighted by Gasteiger charge is 2.23. The number of aliphatic hydroxyl groups is 1. The Hall–Kier alpha value is -4.37. The van der Waals surface area contributed by atoms with Crippen LogP contribution in [0.1, 0.15) is 31.1 Å². The van der Waals surface area contributed by atoms with E-state index in [1.807, 2.05) is 103 Å². The number of para-hydroxylation sites is 4. The minimum absolute atomic E-state index is 0.211. The first kappa shape index (κ1) is 30.6. The first-order valence-electron chi connectivity index (χ1n) is 14.1. The molecule has 8 nitrogen and oxygen atoms in total. The lowest BCUT2D eigenvalue weighted by atomic mass is 10.0. The number of carboxylic acids is 1. The normalized spacial score (nSPS) is 13.8. The van der Waals surface area contributed by atoms with Gasteiger partial charge in [0.1, 0.15) is 12.4 Å². The Morgan fingerprint density at radius 1 is 0.881 bits per heavy atom. The summed E-state index contributed by atoms with van der Waals surface area (Å²) < 4.78 is 17.3. The number of fused-ring (bicyclic) bond motifs is 2. The van der Waals surface area contributed by atoms with Gasteiger partial charge in [0.25, 0.3) is 0 Å². The number of aliphatic carboxylic acids is 1. The summed E-state index contributed by atoms with van der Waals surface area (Å²) >= 11 is 0. The van der Waals surface area contributed by atoms with Gasteiger partial charge in [-0.3, -0.25) is 0 Å². The highest BCUT2D eigenvalue weighted by atomic mass is 16.5. The van der Waals surface area contributed by atoms with Crippen LogP contribution in [0.3, 0.4) is 0 Å². The molecule has 0 bridgehead atoms. The van der Waals surface area contributed by atoms with E-state index in [0.29, 0.717) is 26.2 Å². The Bertz CT molecular complexity index is 1370. The molecule has 0 aliphatic carbocycles. The fourth-order valence-corrected chi connectivity index (χ4v) is 4.59. The second kappa shape index (κ2) is 15.0. The van der Waals surface area contributed by atoms with E-state index in [-0.39, 0.29) is 6.04 Å². The number of rotatable bonds is 11. The molecule has 4 N–H and O–H groups in total. The maximum absolute atomic E-state index is 11.3.